The number of nitriles is 1. The van der Waals surface area contributed by atoms with Gasteiger partial charge in [-0.15, -0.1) is 0 Å². The lowest BCUT2D eigenvalue weighted by Gasteiger charge is -2.18. The second-order valence-electron chi connectivity index (χ2n) is 4.09. The number of fused-ring (bicyclic) bond motifs is 1. The van der Waals surface area contributed by atoms with Gasteiger partial charge in [0.25, 0.3) is 0 Å². The number of benzene rings is 1. The van der Waals surface area contributed by atoms with Crippen LogP contribution in [0.2, 0.25) is 5.02 Å². The van der Waals surface area contributed by atoms with Gasteiger partial charge in [-0.25, -0.2) is 0 Å². The Balaban J connectivity index is 2.96. The fourth-order valence-corrected chi connectivity index (χ4v) is 2.11. The standard InChI is InChI=1S/C13H12ClN3/c1-8-11(7-15)13(17(2)3)10-6-9(14)4-5-12(10)16-8/h4-6H,1-3H3. The Hall–Kier alpha value is -1.79. The van der Waals surface area contributed by atoms with E-state index < -0.39 is 0 Å². The zero-order valence-corrected chi connectivity index (χ0v) is 10.7. The van der Waals surface area contributed by atoms with Gasteiger partial charge in [0.1, 0.15) is 6.07 Å². The quantitative estimate of drug-likeness (QED) is 0.775. The van der Waals surface area contributed by atoms with Crippen molar-refractivity contribution in [2.24, 2.45) is 0 Å². The van der Waals surface area contributed by atoms with E-state index in [0.29, 0.717) is 10.6 Å². The van der Waals surface area contributed by atoms with E-state index in [4.69, 9.17) is 11.6 Å². The number of anilines is 1. The van der Waals surface area contributed by atoms with Crippen LogP contribution in [0.15, 0.2) is 18.2 Å². The molecule has 0 bridgehead atoms. The summed E-state index contributed by atoms with van der Waals surface area (Å²) in [6.45, 7) is 1.85. The lowest BCUT2D eigenvalue weighted by molar-refractivity contribution is 1.11. The average Bonchev–Trinajstić information content (AvgIpc) is 2.27. The Morgan fingerprint density at radius 3 is 2.65 bits per heavy atom. The largest absolute Gasteiger partial charge is 0.376 e. The van der Waals surface area contributed by atoms with Crippen LogP contribution in [-0.4, -0.2) is 19.1 Å². The molecule has 1 heterocycles. The number of hydrogen-bond donors (Lipinski definition) is 0. The SMILES string of the molecule is Cc1nc2ccc(Cl)cc2c(N(C)C)c1C#N. The predicted octanol–water partition coefficient (Wildman–Crippen LogP) is 3.13. The molecule has 0 atom stereocenters. The van der Waals surface area contributed by atoms with E-state index in [2.05, 4.69) is 11.1 Å². The maximum atomic E-state index is 9.23. The summed E-state index contributed by atoms with van der Waals surface area (Å²) < 4.78 is 0. The number of hydrogen-bond acceptors (Lipinski definition) is 3. The third-order valence-corrected chi connectivity index (χ3v) is 2.89. The van der Waals surface area contributed by atoms with Crippen molar-refractivity contribution in [1.82, 2.24) is 4.98 Å². The fourth-order valence-electron chi connectivity index (χ4n) is 1.94. The first-order chi connectivity index (χ1) is 8.04. The predicted molar refractivity (Wildman–Crippen MR) is 70.5 cm³/mol. The van der Waals surface area contributed by atoms with Crippen molar-refractivity contribution in [1.29, 1.82) is 5.26 Å². The maximum Gasteiger partial charge on any atom is 0.103 e. The van der Waals surface area contributed by atoms with Gasteiger partial charge in [-0.05, 0) is 25.1 Å². The first kappa shape index (κ1) is 11.7. The third-order valence-electron chi connectivity index (χ3n) is 2.66. The van der Waals surface area contributed by atoms with Crippen LogP contribution >= 0.6 is 11.6 Å². The molecule has 0 aliphatic rings. The van der Waals surface area contributed by atoms with Crippen molar-refractivity contribution in [2.45, 2.75) is 6.92 Å². The van der Waals surface area contributed by atoms with Crippen LogP contribution in [0.1, 0.15) is 11.3 Å². The van der Waals surface area contributed by atoms with E-state index in [9.17, 15) is 5.26 Å². The molecule has 0 aliphatic heterocycles. The number of nitrogens with zero attached hydrogens (tertiary/aromatic N) is 3. The smallest absolute Gasteiger partial charge is 0.103 e. The van der Waals surface area contributed by atoms with Crippen LogP contribution in [0.5, 0.6) is 0 Å². The van der Waals surface area contributed by atoms with E-state index in [-0.39, 0.29) is 0 Å². The monoisotopic (exact) mass is 245 g/mol. The summed E-state index contributed by atoms with van der Waals surface area (Å²) in [6, 6.07) is 7.74. The minimum absolute atomic E-state index is 0.602. The highest BCUT2D eigenvalue weighted by molar-refractivity contribution is 6.31. The topological polar surface area (TPSA) is 39.9 Å². The maximum absolute atomic E-state index is 9.23. The van der Waals surface area contributed by atoms with Gasteiger partial charge in [-0.3, -0.25) is 4.98 Å². The van der Waals surface area contributed by atoms with E-state index in [1.165, 1.54) is 0 Å². The third kappa shape index (κ3) is 1.92. The number of aryl methyl sites for hydroxylation is 1. The molecule has 0 radical (unpaired) electrons. The minimum atomic E-state index is 0.602. The van der Waals surface area contributed by atoms with Gasteiger partial charge in [0.2, 0.25) is 0 Å². The molecule has 0 fully saturated rings. The van der Waals surface area contributed by atoms with Crippen LogP contribution in [0, 0.1) is 18.3 Å². The molecule has 0 saturated carbocycles. The second-order valence-corrected chi connectivity index (χ2v) is 4.52. The summed E-state index contributed by atoms with van der Waals surface area (Å²) in [5, 5.41) is 10.8. The van der Waals surface area contributed by atoms with Crippen molar-refractivity contribution in [3.8, 4) is 6.07 Å². The molecule has 0 unspecified atom stereocenters. The first-order valence-electron chi connectivity index (χ1n) is 5.22. The van der Waals surface area contributed by atoms with E-state index >= 15 is 0 Å². The lowest BCUT2D eigenvalue weighted by atomic mass is 10.1. The van der Waals surface area contributed by atoms with Gasteiger partial charge in [0.15, 0.2) is 0 Å². The zero-order valence-electron chi connectivity index (χ0n) is 9.95. The molecule has 0 aliphatic carbocycles. The van der Waals surface area contributed by atoms with Crippen LogP contribution in [0.3, 0.4) is 0 Å². The van der Waals surface area contributed by atoms with Gasteiger partial charge < -0.3 is 4.90 Å². The minimum Gasteiger partial charge on any atom is -0.376 e. The highest BCUT2D eigenvalue weighted by Gasteiger charge is 2.14. The van der Waals surface area contributed by atoms with Crippen LogP contribution in [0.25, 0.3) is 10.9 Å². The Morgan fingerprint density at radius 2 is 2.06 bits per heavy atom. The molecule has 0 saturated heterocycles. The molecule has 1 aromatic heterocycles. The fraction of sp³-hybridized carbons (Fsp3) is 0.231. The van der Waals surface area contributed by atoms with Gasteiger partial charge in [-0.2, -0.15) is 5.26 Å². The van der Waals surface area contributed by atoms with Gasteiger partial charge >= 0.3 is 0 Å². The molecule has 2 aromatic rings. The molecule has 4 heteroatoms. The van der Waals surface area contributed by atoms with Gasteiger partial charge in [-0.1, -0.05) is 11.6 Å². The Labute approximate surface area is 105 Å². The molecule has 0 amide bonds. The summed E-state index contributed by atoms with van der Waals surface area (Å²) in [4.78, 5) is 6.35. The molecule has 86 valence electrons. The molecule has 2 rings (SSSR count). The van der Waals surface area contributed by atoms with Crippen LogP contribution < -0.4 is 4.90 Å². The molecular weight excluding hydrogens is 234 g/mol. The average molecular weight is 246 g/mol. The first-order valence-corrected chi connectivity index (χ1v) is 5.59. The zero-order chi connectivity index (χ0) is 12.6. The number of pyridine rings is 1. The van der Waals surface area contributed by atoms with E-state index in [1.807, 2.05) is 44.1 Å². The van der Waals surface area contributed by atoms with Crippen molar-refractivity contribution in [2.75, 3.05) is 19.0 Å². The number of halogens is 1. The van der Waals surface area contributed by atoms with Crippen molar-refractivity contribution < 1.29 is 0 Å². The summed E-state index contributed by atoms with van der Waals surface area (Å²) in [7, 11) is 3.83. The highest BCUT2D eigenvalue weighted by atomic mass is 35.5. The molecule has 0 spiro atoms. The summed E-state index contributed by atoms with van der Waals surface area (Å²) in [5.74, 6) is 0. The van der Waals surface area contributed by atoms with E-state index in [0.717, 1.165) is 22.3 Å². The lowest BCUT2D eigenvalue weighted by Crippen LogP contribution is -2.12. The Morgan fingerprint density at radius 1 is 1.35 bits per heavy atom. The summed E-state index contributed by atoms with van der Waals surface area (Å²) >= 11 is 6.00. The Kier molecular flexibility index (Phi) is 2.91. The highest BCUT2D eigenvalue weighted by Crippen LogP contribution is 2.31. The van der Waals surface area contributed by atoms with Crippen molar-refractivity contribution >= 4 is 28.2 Å². The van der Waals surface area contributed by atoms with Crippen molar-refractivity contribution in [3.05, 3.63) is 34.5 Å². The molecule has 1 aromatic carbocycles. The summed E-state index contributed by atoms with van der Waals surface area (Å²) in [5.41, 5.74) is 3.07. The van der Waals surface area contributed by atoms with E-state index in [1.54, 1.807) is 0 Å². The number of aromatic nitrogens is 1. The van der Waals surface area contributed by atoms with Crippen molar-refractivity contribution in [3.63, 3.8) is 0 Å². The number of rotatable bonds is 1. The van der Waals surface area contributed by atoms with Crippen LogP contribution in [0.4, 0.5) is 5.69 Å². The normalized spacial score (nSPS) is 10.3. The van der Waals surface area contributed by atoms with Gasteiger partial charge in [0.05, 0.1) is 22.5 Å². The molecule has 0 N–H and O–H groups in total. The molecular formula is C13H12ClN3. The Bertz CT molecular complexity index is 627. The van der Waals surface area contributed by atoms with Crippen LogP contribution in [-0.2, 0) is 0 Å². The second kappa shape index (κ2) is 4.23. The molecule has 3 nitrogen and oxygen atoms in total. The summed E-state index contributed by atoms with van der Waals surface area (Å²) in [6.07, 6.45) is 0. The van der Waals surface area contributed by atoms with Gasteiger partial charge in [0, 0.05) is 24.5 Å². The molecule has 17 heavy (non-hydrogen) atoms.